The Balaban J connectivity index is 1.73. The number of rotatable bonds is 5. The van der Waals surface area contributed by atoms with Gasteiger partial charge in [0, 0.05) is 24.2 Å². The largest absolute Gasteiger partial charge is 0.381 e. The second-order valence-corrected chi connectivity index (χ2v) is 10.3. The quantitative estimate of drug-likeness (QED) is 0.292. The normalized spacial score (nSPS) is 11.9. The van der Waals surface area contributed by atoms with Gasteiger partial charge in [-0.1, -0.05) is 32.2 Å². The summed E-state index contributed by atoms with van der Waals surface area (Å²) in [5, 5.41) is 2.90. The zero-order valence-electron chi connectivity index (χ0n) is 17.6. The molecule has 4 aromatic rings. The Bertz CT molecular complexity index is 1200. The molecule has 0 unspecified atom stereocenters. The molecule has 4 rings (SSSR count). The van der Waals surface area contributed by atoms with Gasteiger partial charge in [-0.2, -0.15) is 0 Å². The predicted octanol–water partition coefficient (Wildman–Crippen LogP) is 3.36. The summed E-state index contributed by atoms with van der Waals surface area (Å²) < 4.78 is 1.97. The van der Waals surface area contributed by atoms with Crippen molar-refractivity contribution in [2.75, 3.05) is 24.1 Å². The second-order valence-electron chi connectivity index (χ2n) is 7.95. The summed E-state index contributed by atoms with van der Waals surface area (Å²) in [4.78, 5) is 13.5. The molecule has 0 saturated heterocycles. The number of hydrazine groups is 1. The number of pyridine rings is 1. The van der Waals surface area contributed by atoms with Crippen molar-refractivity contribution in [3.63, 3.8) is 0 Å². The van der Waals surface area contributed by atoms with Crippen molar-refractivity contribution >= 4 is 30.5 Å². The van der Waals surface area contributed by atoms with E-state index in [1.54, 1.807) is 17.4 Å². The monoisotopic (exact) mass is 419 g/mol. The molecule has 30 heavy (non-hydrogen) atoms. The van der Waals surface area contributed by atoms with Crippen LogP contribution in [0.25, 0.3) is 16.9 Å². The summed E-state index contributed by atoms with van der Waals surface area (Å²) in [5.41, 5.74) is 9.24. The fourth-order valence-corrected chi connectivity index (χ4v) is 4.12. The van der Waals surface area contributed by atoms with Crippen molar-refractivity contribution in [3.05, 3.63) is 66.7 Å². The van der Waals surface area contributed by atoms with E-state index in [2.05, 4.69) is 41.5 Å². The van der Waals surface area contributed by atoms with Crippen LogP contribution in [-0.4, -0.2) is 32.7 Å². The Hall–Kier alpha value is -3.02. The number of hydrogen-bond acceptors (Lipinski definition) is 6. The molecule has 3 aromatic heterocycles. The topological polar surface area (TPSA) is 98.4 Å². The van der Waals surface area contributed by atoms with Gasteiger partial charge in [0.05, 0.1) is 17.4 Å². The van der Waals surface area contributed by atoms with Crippen molar-refractivity contribution in [1.29, 1.82) is 0 Å². The number of fused-ring (bicyclic) bond motifs is 1. The van der Waals surface area contributed by atoms with Crippen LogP contribution in [0.4, 0.5) is 11.6 Å². The zero-order valence-corrected chi connectivity index (χ0v) is 18.5. The van der Waals surface area contributed by atoms with E-state index in [0.717, 1.165) is 22.5 Å². The molecular weight excluding hydrogens is 393 g/mol. The molecule has 1 aromatic carbocycles. The van der Waals surface area contributed by atoms with Crippen molar-refractivity contribution < 1.29 is 0 Å². The number of benzene rings is 1. The van der Waals surface area contributed by atoms with Gasteiger partial charge in [-0.15, -0.1) is 0 Å². The van der Waals surface area contributed by atoms with Crippen LogP contribution in [0.3, 0.4) is 0 Å². The SMILES string of the molecule is CP(C)c1cccc(-c2cnc(N)c(N(N)C(C)(C)c3ccc4nccn4c3)n2)c1. The highest BCUT2D eigenvalue weighted by Gasteiger charge is 2.30. The Morgan fingerprint density at radius 2 is 1.90 bits per heavy atom. The highest BCUT2D eigenvalue weighted by atomic mass is 31.1. The fourth-order valence-electron chi connectivity index (χ4n) is 3.33. The van der Waals surface area contributed by atoms with Gasteiger partial charge in [0.25, 0.3) is 0 Å². The number of nitrogens with zero attached hydrogens (tertiary/aromatic N) is 5. The average molecular weight is 419 g/mol. The van der Waals surface area contributed by atoms with Gasteiger partial charge in [-0.3, -0.25) is 5.01 Å². The number of anilines is 2. The first-order valence-electron chi connectivity index (χ1n) is 9.66. The smallest absolute Gasteiger partial charge is 0.187 e. The lowest BCUT2D eigenvalue weighted by Gasteiger charge is -2.36. The molecule has 0 radical (unpaired) electrons. The van der Waals surface area contributed by atoms with Crippen LogP contribution in [0.2, 0.25) is 0 Å². The van der Waals surface area contributed by atoms with Crippen LogP contribution in [0, 0.1) is 0 Å². The molecule has 0 aliphatic heterocycles. The molecule has 0 aliphatic carbocycles. The average Bonchev–Trinajstić information content (AvgIpc) is 3.21. The van der Waals surface area contributed by atoms with Gasteiger partial charge in [-0.05, 0) is 50.2 Å². The lowest BCUT2D eigenvalue weighted by atomic mass is 9.95. The van der Waals surface area contributed by atoms with E-state index in [-0.39, 0.29) is 7.92 Å². The summed E-state index contributed by atoms with van der Waals surface area (Å²) in [7, 11) is -0.203. The molecule has 0 bridgehead atoms. The molecule has 0 fully saturated rings. The van der Waals surface area contributed by atoms with Gasteiger partial charge in [-0.25, -0.2) is 20.8 Å². The predicted molar refractivity (Wildman–Crippen MR) is 125 cm³/mol. The van der Waals surface area contributed by atoms with E-state index < -0.39 is 5.54 Å². The maximum atomic E-state index is 6.58. The Morgan fingerprint density at radius 1 is 1.10 bits per heavy atom. The first-order valence-corrected chi connectivity index (χ1v) is 11.9. The third-order valence-corrected chi connectivity index (χ3v) is 6.68. The second kappa shape index (κ2) is 7.67. The number of imidazole rings is 1. The highest BCUT2D eigenvalue weighted by molar-refractivity contribution is 7.64. The van der Waals surface area contributed by atoms with Gasteiger partial charge >= 0.3 is 0 Å². The minimum Gasteiger partial charge on any atom is -0.381 e. The van der Waals surface area contributed by atoms with E-state index >= 15 is 0 Å². The fraction of sp³-hybridized carbons (Fsp3) is 0.227. The number of nitrogen functional groups attached to an aromatic ring is 1. The zero-order chi connectivity index (χ0) is 21.5. The van der Waals surface area contributed by atoms with Crippen LogP contribution < -0.4 is 21.9 Å². The van der Waals surface area contributed by atoms with E-state index in [4.69, 9.17) is 16.6 Å². The van der Waals surface area contributed by atoms with Crippen LogP contribution in [0.5, 0.6) is 0 Å². The minimum atomic E-state index is -0.580. The number of aromatic nitrogens is 4. The van der Waals surface area contributed by atoms with Gasteiger partial charge in [0.1, 0.15) is 5.65 Å². The van der Waals surface area contributed by atoms with E-state index in [1.165, 1.54) is 5.30 Å². The summed E-state index contributed by atoms with van der Waals surface area (Å²) in [6.45, 7) is 8.52. The molecule has 0 spiro atoms. The molecule has 7 nitrogen and oxygen atoms in total. The Labute approximate surface area is 177 Å². The molecule has 3 heterocycles. The van der Waals surface area contributed by atoms with Gasteiger partial charge in [0.15, 0.2) is 11.6 Å². The Morgan fingerprint density at radius 3 is 2.67 bits per heavy atom. The highest BCUT2D eigenvalue weighted by Crippen LogP contribution is 2.33. The first kappa shape index (κ1) is 20.3. The molecule has 0 atom stereocenters. The molecule has 154 valence electrons. The maximum absolute atomic E-state index is 6.58. The summed E-state index contributed by atoms with van der Waals surface area (Å²) in [6.07, 6.45) is 7.40. The molecule has 0 saturated carbocycles. The van der Waals surface area contributed by atoms with Crippen molar-refractivity contribution in [2.45, 2.75) is 19.4 Å². The minimum absolute atomic E-state index is 0.203. The lowest BCUT2D eigenvalue weighted by Crippen LogP contribution is -2.48. The molecule has 4 N–H and O–H groups in total. The molecule has 0 amide bonds. The van der Waals surface area contributed by atoms with Crippen molar-refractivity contribution in [1.82, 2.24) is 19.4 Å². The first-order chi connectivity index (χ1) is 14.3. The van der Waals surface area contributed by atoms with Crippen LogP contribution >= 0.6 is 7.92 Å². The standard InChI is InChI=1S/C22H26N7P/c1-22(2,16-8-9-19-25-10-11-28(19)14-16)29(24)21-20(23)26-13-18(27-21)15-6-5-7-17(12-15)30(3)4/h5-14H,24H2,1-4H3,(H2,23,26). The third-order valence-electron chi connectivity index (χ3n) is 5.37. The van der Waals surface area contributed by atoms with Crippen LogP contribution in [0.15, 0.2) is 61.2 Å². The number of hydrogen-bond donors (Lipinski definition) is 2. The van der Waals surface area contributed by atoms with Gasteiger partial charge in [0.2, 0.25) is 0 Å². The van der Waals surface area contributed by atoms with Crippen molar-refractivity contribution in [3.8, 4) is 11.3 Å². The molecule has 8 heteroatoms. The third kappa shape index (κ3) is 3.62. The molecule has 0 aliphatic rings. The summed E-state index contributed by atoms with van der Waals surface area (Å²) >= 11 is 0. The van der Waals surface area contributed by atoms with E-state index in [1.807, 2.05) is 48.8 Å². The summed E-state index contributed by atoms with van der Waals surface area (Å²) in [5.74, 6) is 7.32. The van der Waals surface area contributed by atoms with E-state index in [0.29, 0.717) is 11.6 Å². The van der Waals surface area contributed by atoms with Crippen LogP contribution in [-0.2, 0) is 5.54 Å². The number of nitrogens with two attached hydrogens (primary N) is 2. The maximum Gasteiger partial charge on any atom is 0.187 e. The lowest BCUT2D eigenvalue weighted by molar-refractivity contribution is 0.484. The summed E-state index contributed by atoms with van der Waals surface area (Å²) in [6, 6.07) is 12.4. The van der Waals surface area contributed by atoms with Crippen LogP contribution in [0.1, 0.15) is 19.4 Å². The van der Waals surface area contributed by atoms with Crippen molar-refractivity contribution in [2.24, 2.45) is 5.84 Å². The van der Waals surface area contributed by atoms with E-state index in [9.17, 15) is 0 Å². The molecular formula is C22H26N7P. The Kier molecular flexibility index (Phi) is 5.18. The van der Waals surface area contributed by atoms with Gasteiger partial charge < -0.3 is 10.1 Å².